The maximum Gasteiger partial charge on any atom is 0.264 e. The first-order valence-corrected chi connectivity index (χ1v) is 3.82. The quantitative estimate of drug-likeness (QED) is 0.381. The zero-order chi connectivity index (χ0) is 8.91. The summed E-state index contributed by atoms with van der Waals surface area (Å²) in [6.07, 6.45) is 2.95. The summed E-state index contributed by atoms with van der Waals surface area (Å²) in [6, 6.07) is 0. The van der Waals surface area contributed by atoms with Crippen LogP contribution in [-0.4, -0.2) is 16.7 Å². The van der Waals surface area contributed by atoms with E-state index in [1.165, 1.54) is 0 Å². The van der Waals surface area contributed by atoms with E-state index < -0.39 is 11.6 Å². The number of primary amides is 1. The van der Waals surface area contributed by atoms with Gasteiger partial charge in [0.15, 0.2) is 5.72 Å². The van der Waals surface area contributed by atoms with Gasteiger partial charge in [0.2, 0.25) is 0 Å². The monoisotopic (exact) mass is 160 g/mol. The van der Waals surface area contributed by atoms with Gasteiger partial charge in [0.05, 0.1) is 0 Å². The maximum atomic E-state index is 10.5. The lowest BCUT2D eigenvalue weighted by atomic mass is 10.1. The molecule has 0 spiro atoms. The second kappa shape index (κ2) is 4.31. The van der Waals surface area contributed by atoms with Crippen LogP contribution in [0.15, 0.2) is 0 Å². The Balaban J connectivity index is 3.64. The van der Waals surface area contributed by atoms with Crippen LogP contribution in [0.5, 0.6) is 0 Å². The first-order chi connectivity index (χ1) is 5.00. The number of hydrogen-bond donors (Lipinski definition) is 3. The Labute approximate surface area is 66.6 Å². The van der Waals surface area contributed by atoms with Crippen LogP contribution in [-0.2, 0) is 4.79 Å². The second-order valence-electron chi connectivity index (χ2n) is 2.75. The van der Waals surface area contributed by atoms with Crippen molar-refractivity contribution in [2.24, 2.45) is 11.5 Å². The van der Waals surface area contributed by atoms with Crippen LogP contribution in [0.25, 0.3) is 0 Å². The molecule has 1 amide bonds. The molecule has 0 aliphatic carbocycles. The molecule has 0 aromatic carbocycles. The molecule has 0 aliphatic rings. The number of carbonyl (C=O) groups excluding carboxylic acids is 1. The Hall–Kier alpha value is -0.610. The van der Waals surface area contributed by atoms with Gasteiger partial charge in [0.25, 0.3) is 5.91 Å². The molecule has 4 heteroatoms. The van der Waals surface area contributed by atoms with Crippen molar-refractivity contribution in [2.45, 2.75) is 38.3 Å². The molecule has 5 N–H and O–H groups in total. The summed E-state index contributed by atoms with van der Waals surface area (Å²) in [7, 11) is 0. The molecule has 0 saturated carbocycles. The van der Waals surface area contributed by atoms with E-state index in [2.05, 4.69) is 0 Å². The standard InChI is InChI=1S/C7H16N2O2/c1-2-3-4-5-7(9,11)6(8)10/h11H,2-5,9H2,1H3,(H2,8,10). The maximum absolute atomic E-state index is 10.5. The average Bonchev–Trinajstić information content (AvgIpc) is 1.88. The zero-order valence-corrected chi connectivity index (χ0v) is 6.84. The van der Waals surface area contributed by atoms with Gasteiger partial charge in [-0.25, -0.2) is 0 Å². The number of aliphatic hydroxyl groups is 1. The fourth-order valence-corrected chi connectivity index (χ4v) is 0.768. The van der Waals surface area contributed by atoms with E-state index in [0.29, 0.717) is 0 Å². The second-order valence-corrected chi connectivity index (χ2v) is 2.75. The smallest absolute Gasteiger partial charge is 0.264 e. The van der Waals surface area contributed by atoms with Crippen molar-refractivity contribution in [3.8, 4) is 0 Å². The average molecular weight is 160 g/mol. The minimum absolute atomic E-state index is 0.246. The van der Waals surface area contributed by atoms with E-state index in [0.717, 1.165) is 19.3 Å². The summed E-state index contributed by atoms with van der Waals surface area (Å²) < 4.78 is 0. The lowest BCUT2D eigenvalue weighted by molar-refractivity contribution is -0.136. The van der Waals surface area contributed by atoms with Gasteiger partial charge in [-0.1, -0.05) is 19.8 Å². The van der Waals surface area contributed by atoms with Gasteiger partial charge >= 0.3 is 0 Å². The van der Waals surface area contributed by atoms with Crippen LogP contribution in [0.3, 0.4) is 0 Å². The SMILES string of the molecule is CCCCCC(N)(O)C(N)=O. The normalized spacial score (nSPS) is 15.9. The predicted molar refractivity (Wildman–Crippen MR) is 42.5 cm³/mol. The van der Waals surface area contributed by atoms with E-state index in [-0.39, 0.29) is 6.42 Å². The summed E-state index contributed by atoms with van der Waals surface area (Å²) in [6.45, 7) is 2.03. The summed E-state index contributed by atoms with van der Waals surface area (Å²) in [5.74, 6) is -0.853. The molecule has 0 bridgehead atoms. The molecular formula is C7H16N2O2. The van der Waals surface area contributed by atoms with Crippen LogP contribution in [0.1, 0.15) is 32.6 Å². The number of carbonyl (C=O) groups is 1. The molecule has 1 unspecified atom stereocenters. The van der Waals surface area contributed by atoms with E-state index >= 15 is 0 Å². The Kier molecular flexibility index (Phi) is 4.07. The minimum atomic E-state index is -1.81. The molecule has 0 aliphatic heterocycles. The molecule has 0 aromatic rings. The predicted octanol–water partition coefficient (Wildman–Crippen LogP) is -0.301. The topological polar surface area (TPSA) is 89.3 Å². The number of amides is 1. The highest BCUT2D eigenvalue weighted by Gasteiger charge is 2.27. The number of rotatable bonds is 5. The van der Waals surface area contributed by atoms with Crippen LogP contribution < -0.4 is 11.5 Å². The van der Waals surface area contributed by atoms with Crippen molar-refractivity contribution in [3.63, 3.8) is 0 Å². The summed E-state index contributed by atoms with van der Waals surface area (Å²) >= 11 is 0. The fraction of sp³-hybridized carbons (Fsp3) is 0.857. The third kappa shape index (κ3) is 3.95. The van der Waals surface area contributed by atoms with Gasteiger partial charge in [-0.15, -0.1) is 0 Å². The minimum Gasteiger partial charge on any atom is -0.368 e. The fourth-order valence-electron chi connectivity index (χ4n) is 0.768. The molecule has 0 rings (SSSR count). The number of hydrogen-bond acceptors (Lipinski definition) is 3. The third-order valence-corrected chi connectivity index (χ3v) is 1.59. The third-order valence-electron chi connectivity index (χ3n) is 1.59. The highest BCUT2D eigenvalue weighted by Crippen LogP contribution is 2.08. The van der Waals surface area contributed by atoms with Crippen LogP contribution in [0.2, 0.25) is 0 Å². The molecule has 1 atom stereocenters. The summed E-state index contributed by atoms with van der Waals surface area (Å²) in [5.41, 5.74) is 8.21. The molecule has 0 aromatic heterocycles. The van der Waals surface area contributed by atoms with E-state index in [9.17, 15) is 4.79 Å². The number of unbranched alkanes of at least 4 members (excludes halogenated alkanes) is 2. The molecule has 0 fully saturated rings. The zero-order valence-electron chi connectivity index (χ0n) is 6.84. The van der Waals surface area contributed by atoms with Gasteiger partial charge in [-0.3, -0.25) is 10.5 Å². The molecular weight excluding hydrogens is 144 g/mol. The largest absolute Gasteiger partial charge is 0.368 e. The summed E-state index contributed by atoms with van der Waals surface area (Å²) in [4.78, 5) is 10.5. The molecule has 4 nitrogen and oxygen atoms in total. The molecule has 11 heavy (non-hydrogen) atoms. The van der Waals surface area contributed by atoms with Crippen LogP contribution >= 0.6 is 0 Å². The first-order valence-electron chi connectivity index (χ1n) is 3.82. The Morgan fingerprint density at radius 3 is 2.45 bits per heavy atom. The van der Waals surface area contributed by atoms with Crippen molar-refractivity contribution < 1.29 is 9.90 Å². The van der Waals surface area contributed by atoms with Gasteiger partial charge in [-0.05, 0) is 12.8 Å². The van der Waals surface area contributed by atoms with E-state index in [1.807, 2.05) is 6.92 Å². The van der Waals surface area contributed by atoms with Gasteiger partial charge < -0.3 is 10.8 Å². The highest BCUT2D eigenvalue weighted by molar-refractivity contribution is 5.82. The van der Waals surface area contributed by atoms with Gasteiger partial charge in [0.1, 0.15) is 0 Å². The Morgan fingerprint density at radius 1 is 1.55 bits per heavy atom. The van der Waals surface area contributed by atoms with Crippen molar-refractivity contribution in [1.29, 1.82) is 0 Å². The van der Waals surface area contributed by atoms with E-state index in [4.69, 9.17) is 16.6 Å². The van der Waals surface area contributed by atoms with Crippen LogP contribution in [0, 0.1) is 0 Å². The molecule has 0 saturated heterocycles. The van der Waals surface area contributed by atoms with Crippen molar-refractivity contribution in [3.05, 3.63) is 0 Å². The van der Waals surface area contributed by atoms with E-state index in [1.54, 1.807) is 0 Å². The molecule has 0 radical (unpaired) electrons. The molecule has 0 heterocycles. The molecule has 66 valence electrons. The first kappa shape index (κ1) is 10.4. The Morgan fingerprint density at radius 2 is 2.09 bits per heavy atom. The lowest BCUT2D eigenvalue weighted by Gasteiger charge is -2.17. The Bertz CT molecular complexity index is 134. The van der Waals surface area contributed by atoms with Crippen molar-refractivity contribution in [1.82, 2.24) is 0 Å². The highest BCUT2D eigenvalue weighted by atomic mass is 16.3. The lowest BCUT2D eigenvalue weighted by Crippen LogP contribution is -2.51. The van der Waals surface area contributed by atoms with Gasteiger partial charge in [0, 0.05) is 0 Å². The number of nitrogens with two attached hydrogens (primary N) is 2. The summed E-state index contributed by atoms with van der Waals surface area (Å²) in [5, 5.41) is 9.12. The van der Waals surface area contributed by atoms with Crippen molar-refractivity contribution >= 4 is 5.91 Å². The van der Waals surface area contributed by atoms with Crippen molar-refractivity contribution in [2.75, 3.05) is 0 Å². The van der Waals surface area contributed by atoms with Gasteiger partial charge in [-0.2, -0.15) is 0 Å². The van der Waals surface area contributed by atoms with Crippen LogP contribution in [0.4, 0.5) is 0 Å².